The monoisotopic (exact) mass is 392 g/mol. The number of anilines is 1. The number of methoxy groups -OCH3 is 1. The predicted octanol–water partition coefficient (Wildman–Crippen LogP) is 3.18. The van der Waals surface area contributed by atoms with Crippen LogP contribution in [0.15, 0.2) is 41.3 Å². The number of hydrogen-bond donors (Lipinski definition) is 1. The molecule has 0 spiro atoms. The molecule has 1 fully saturated rings. The van der Waals surface area contributed by atoms with Gasteiger partial charge in [0, 0.05) is 18.7 Å². The van der Waals surface area contributed by atoms with E-state index in [0.29, 0.717) is 13.1 Å². The number of carbonyl (C=O) groups is 1. The highest BCUT2D eigenvalue weighted by atomic mass is 32.2. The van der Waals surface area contributed by atoms with Gasteiger partial charge in [0.25, 0.3) is 5.91 Å². The number of nitrogens with one attached hydrogen (secondary N) is 1. The van der Waals surface area contributed by atoms with Crippen molar-refractivity contribution in [2.75, 3.05) is 25.5 Å². The lowest BCUT2D eigenvalue weighted by atomic mass is 10.1. The van der Waals surface area contributed by atoms with Crippen LogP contribution >= 0.6 is 0 Å². The van der Waals surface area contributed by atoms with E-state index in [1.807, 2.05) is 0 Å². The number of halogens is 1. The number of sulfonamides is 1. The Bertz CT molecular complexity index is 970. The van der Waals surface area contributed by atoms with Gasteiger partial charge < -0.3 is 10.1 Å². The highest BCUT2D eigenvalue weighted by Gasteiger charge is 2.30. The number of benzene rings is 2. The van der Waals surface area contributed by atoms with Gasteiger partial charge in [-0.3, -0.25) is 4.79 Å². The van der Waals surface area contributed by atoms with Crippen LogP contribution in [-0.2, 0) is 10.0 Å². The third-order valence-electron chi connectivity index (χ3n) is 4.48. The average Bonchev–Trinajstić information content (AvgIpc) is 3.19. The van der Waals surface area contributed by atoms with Crippen molar-refractivity contribution in [1.82, 2.24) is 4.31 Å². The summed E-state index contributed by atoms with van der Waals surface area (Å²) in [5.41, 5.74) is 0.868. The Balaban J connectivity index is 1.93. The summed E-state index contributed by atoms with van der Waals surface area (Å²) in [5.74, 6) is -0.986. The van der Waals surface area contributed by atoms with Crippen LogP contribution in [0.3, 0.4) is 0 Å². The van der Waals surface area contributed by atoms with Crippen LogP contribution < -0.4 is 10.1 Å². The fourth-order valence-electron chi connectivity index (χ4n) is 3.00. The summed E-state index contributed by atoms with van der Waals surface area (Å²) in [7, 11) is -2.40. The molecule has 1 N–H and O–H groups in total. The van der Waals surface area contributed by atoms with Gasteiger partial charge in [0.2, 0.25) is 10.0 Å². The van der Waals surface area contributed by atoms with Gasteiger partial charge in [-0.15, -0.1) is 0 Å². The van der Waals surface area contributed by atoms with E-state index in [2.05, 4.69) is 5.32 Å². The van der Waals surface area contributed by atoms with Gasteiger partial charge in [0.15, 0.2) is 0 Å². The molecular formula is C19H21FN2O4S. The van der Waals surface area contributed by atoms with Crippen molar-refractivity contribution >= 4 is 21.6 Å². The first-order valence-corrected chi connectivity index (χ1v) is 10.0. The van der Waals surface area contributed by atoms with Crippen LogP contribution in [-0.4, -0.2) is 38.8 Å². The molecule has 6 nitrogen and oxygen atoms in total. The summed E-state index contributed by atoms with van der Waals surface area (Å²) >= 11 is 0. The molecule has 0 aromatic heterocycles. The molecule has 27 heavy (non-hydrogen) atoms. The second-order valence-corrected chi connectivity index (χ2v) is 8.32. The van der Waals surface area contributed by atoms with Crippen molar-refractivity contribution in [3.63, 3.8) is 0 Å². The zero-order valence-electron chi connectivity index (χ0n) is 15.2. The highest BCUT2D eigenvalue weighted by molar-refractivity contribution is 7.89. The Morgan fingerprint density at radius 1 is 1.15 bits per heavy atom. The lowest BCUT2D eigenvalue weighted by Crippen LogP contribution is -2.28. The van der Waals surface area contributed by atoms with E-state index in [4.69, 9.17) is 4.74 Å². The maximum Gasteiger partial charge on any atom is 0.255 e. The van der Waals surface area contributed by atoms with Crippen LogP contribution in [0.25, 0.3) is 0 Å². The molecule has 0 saturated carbocycles. The second-order valence-electron chi connectivity index (χ2n) is 6.41. The van der Waals surface area contributed by atoms with Crippen molar-refractivity contribution in [3.05, 3.63) is 53.3 Å². The number of amides is 1. The molecule has 0 aliphatic carbocycles. The van der Waals surface area contributed by atoms with Crippen LogP contribution in [0.5, 0.6) is 5.75 Å². The number of nitrogens with zero attached hydrogens (tertiary/aromatic N) is 1. The standard InChI is InChI=1S/C19H21FN2O4S/c1-13-5-7-16(15(20)11-13)21-19(23)14-6-8-17(26-2)18(12-14)27(24,25)22-9-3-4-10-22/h5-8,11-12H,3-4,9-10H2,1-2H3,(H,21,23). The zero-order chi connectivity index (χ0) is 19.6. The third kappa shape index (κ3) is 3.96. The summed E-state index contributed by atoms with van der Waals surface area (Å²) in [6.45, 7) is 2.63. The van der Waals surface area contributed by atoms with Crippen LogP contribution in [0.4, 0.5) is 10.1 Å². The van der Waals surface area contributed by atoms with E-state index < -0.39 is 21.7 Å². The summed E-state index contributed by atoms with van der Waals surface area (Å²) in [6.07, 6.45) is 1.60. The lowest BCUT2D eigenvalue weighted by Gasteiger charge is -2.18. The van der Waals surface area contributed by atoms with Crippen molar-refractivity contribution in [2.24, 2.45) is 0 Å². The van der Waals surface area contributed by atoms with Crippen molar-refractivity contribution < 1.29 is 22.3 Å². The largest absolute Gasteiger partial charge is 0.495 e. The first kappa shape index (κ1) is 19.3. The Kier molecular flexibility index (Phi) is 5.48. The van der Waals surface area contributed by atoms with Crippen molar-refractivity contribution in [1.29, 1.82) is 0 Å². The van der Waals surface area contributed by atoms with E-state index in [-0.39, 0.29) is 21.9 Å². The molecule has 0 unspecified atom stereocenters. The van der Waals surface area contributed by atoms with Gasteiger partial charge >= 0.3 is 0 Å². The molecule has 0 atom stereocenters. The number of rotatable bonds is 5. The van der Waals surface area contributed by atoms with Gasteiger partial charge in [-0.05, 0) is 55.7 Å². The summed E-state index contributed by atoms with van der Waals surface area (Å²) in [4.78, 5) is 12.5. The zero-order valence-corrected chi connectivity index (χ0v) is 16.0. The minimum Gasteiger partial charge on any atom is -0.495 e. The smallest absolute Gasteiger partial charge is 0.255 e. The molecule has 144 valence electrons. The molecule has 8 heteroatoms. The minimum absolute atomic E-state index is 0.0327. The van der Waals surface area contributed by atoms with E-state index in [1.165, 1.54) is 41.7 Å². The molecule has 0 radical (unpaired) electrons. The van der Waals surface area contributed by atoms with E-state index in [1.54, 1.807) is 13.0 Å². The van der Waals surface area contributed by atoms with Crippen LogP contribution in [0, 0.1) is 12.7 Å². The van der Waals surface area contributed by atoms with Crippen molar-refractivity contribution in [2.45, 2.75) is 24.7 Å². The molecule has 1 aliphatic heterocycles. The number of ether oxygens (including phenoxy) is 1. The Labute approximate surface area is 158 Å². The van der Waals surface area contributed by atoms with Gasteiger partial charge in [0.05, 0.1) is 12.8 Å². The minimum atomic E-state index is -3.77. The van der Waals surface area contributed by atoms with Gasteiger partial charge in [-0.2, -0.15) is 4.31 Å². The molecule has 2 aromatic carbocycles. The fraction of sp³-hybridized carbons (Fsp3) is 0.316. The SMILES string of the molecule is COc1ccc(C(=O)Nc2ccc(C)cc2F)cc1S(=O)(=O)N1CCCC1. The molecule has 0 bridgehead atoms. The number of hydrogen-bond acceptors (Lipinski definition) is 4. The summed E-state index contributed by atoms with van der Waals surface area (Å²) in [6, 6.07) is 8.61. The van der Waals surface area contributed by atoms with E-state index in [9.17, 15) is 17.6 Å². The van der Waals surface area contributed by atoms with Gasteiger partial charge in [-0.25, -0.2) is 12.8 Å². The van der Waals surface area contributed by atoms with Gasteiger partial charge in [-0.1, -0.05) is 6.07 Å². The number of aryl methyl sites for hydroxylation is 1. The average molecular weight is 392 g/mol. The maximum absolute atomic E-state index is 14.0. The summed E-state index contributed by atoms with van der Waals surface area (Å²) in [5, 5.41) is 2.48. The highest BCUT2D eigenvalue weighted by Crippen LogP contribution is 2.30. The van der Waals surface area contributed by atoms with Crippen molar-refractivity contribution in [3.8, 4) is 5.75 Å². The van der Waals surface area contributed by atoms with Gasteiger partial charge in [0.1, 0.15) is 16.5 Å². The molecule has 2 aromatic rings. The Hall–Kier alpha value is -2.45. The van der Waals surface area contributed by atoms with Crippen LogP contribution in [0.2, 0.25) is 0 Å². The first-order valence-electron chi connectivity index (χ1n) is 8.58. The molecule has 1 amide bonds. The molecular weight excluding hydrogens is 371 g/mol. The molecule has 1 heterocycles. The number of carbonyl (C=O) groups excluding carboxylic acids is 1. The predicted molar refractivity (Wildman–Crippen MR) is 100 cm³/mol. The second kappa shape index (κ2) is 7.66. The maximum atomic E-state index is 14.0. The topological polar surface area (TPSA) is 75.7 Å². The fourth-order valence-corrected chi connectivity index (χ4v) is 4.70. The van der Waals surface area contributed by atoms with E-state index >= 15 is 0 Å². The molecule has 1 aliphatic rings. The van der Waals surface area contributed by atoms with Crippen LogP contribution in [0.1, 0.15) is 28.8 Å². The Morgan fingerprint density at radius 2 is 1.85 bits per heavy atom. The summed E-state index contributed by atoms with van der Waals surface area (Å²) < 4.78 is 46.3. The first-order chi connectivity index (χ1) is 12.8. The lowest BCUT2D eigenvalue weighted by molar-refractivity contribution is 0.102. The quantitative estimate of drug-likeness (QED) is 0.848. The molecule has 3 rings (SSSR count). The Morgan fingerprint density at radius 3 is 2.48 bits per heavy atom. The van der Waals surface area contributed by atoms with E-state index in [0.717, 1.165) is 18.4 Å². The normalized spacial score (nSPS) is 14.9. The third-order valence-corrected chi connectivity index (χ3v) is 6.40. The molecule has 1 saturated heterocycles.